The molecule has 3 rings (SSSR count). The van der Waals surface area contributed by atoms with Crippen molar-refractivity contribution in [1.82, 2.24) is 9.88 Å². The Kier molecular flexibility index (Phi) is 4.57. The maximum absolute atomic E-state index is 12.3. The first-order valence-electron chi connectivity index (χ1n) is 7.90. The van der Waals surface area contributed by atoms with Crippen LogP contribution in [0.4, 0.5) is 11.5 Å². The Hall–Kier alpha value is -2.40. The number of rotatable bonds is 3. The Balaban J connectivity index is 1.65. The largest absolute Gasteiger partial charge is 0.369 e. The van der Waals surface area contributed by atoms with Crippen molar-refractivity contribution in [1.29, 1.82) is 0 Å². The number of likely N-dealkylation sites (N-methyl/N-ethyl adjacent to an activating group) is 1. The van der Waals surface area contributed by atoms with Gasteiger partial charge in [-0.2, -0.15) is 0 Å². The van der Waals surface area contributed by atoms with Crippen molar-refractivity contribution in [3.63, 3.8) is 0 Å². The lowest BCUT2D eigenvalue weighted by Gasteiger charge is -2.34. The zero-order chi connectivity index (χ0) is 16.2. The molecule has 0 saturated carbocycles. The molecule has 1 N–H and O–H groups in total. The summed E-state index contributed by atoms with van der Waals surface area (Å²) in [6.07, 6.45) is 0. The lowest BCUT2D eigenvalue weighted by atomic mass is 10.1. The Bertz CT molecular complexity index is 676. The number of piperazine rings is 1. The number of nitrogens with one attached hydrogen (secondary N) is 1. The fourth-order valence-electron chi connectivity index (χ4n) is 2.69. The number of benzene rings is 1. The average molecular weight is 310 g/mol. The zero-order valence-electron chi connectivity index (χ0n) is 13.6. The van der Waals surface area contributed by atoms with E-state index >= 15 is 0 Å². The molecule has 0 unspecified atom stereocenters. The van der Waals surface area contributed by atoms with Gasteiger partial charge in [-0.1, -0.05) is 6.07 Å². The van der Waals surface area contributed by atoms with Crippen LogP contribution in [0.25, 0.3) is 0 Å². The lowest BCUT2D eigenvalue weighted by Crippen LogP contribution is -2.44. The van der Waals surface area contributed by atoms with Gasteiger partial charge < -0.3 is 15.1 Å². The molecule has 120 valence electrons. The van der Waals surface area contributed by atoms with E-state index in [4.69, 9.17) is 0 Å². The van der Waals surface area contributed by atoms with Crippen LogP contribution in [0.5, 0.6) is 0 Å². The molecule has 1 aromatic heterocycles. The minimum absolute atomic E-state index is 0.131. The predicted molar refractivity (Wildman–Crippen MR) is 93.1 cm³/mol. The molecule has 5 nitrogen and oxygen atoms in total. The number of carbonyl (C=O) groups excluding carboxylic acids is 1. The van der Waals surface area contributed by atoms with Crippen LogP contribution < -0.4 is 10.2 Å². The van der Waals surface area contributed by atoms with Gasteiger partial charge in [-0.15, -0.1) is 0 Å². The number of carbonyl (C=O) groups is 1. The first-order chi connectivity index (χ1) is 11.1. The van der Waals surface area contributed by atoms with E-state index in [1.807, 2.05) is 43.3 Å². The van der Waals surface area contributed by atoms with Gasteiger partial charge in [0.1, 0.15) is 5.82 Å². The van der Waals surface area contributed by atoms with Gasteiger partial charge in [0.25, 0.3) is 5.91 Å². The Morgan fingerprint density at radius 3 is 2.39 bits per heavy atom. The normalized spacial score (nSPS) is 15.5. The number of amides is 1. The fraction of sp³-hybridized carbons (Fsp3) is 0.333. The van der Waals surface area contributed by atoms with E-state index in [0.717, 1.165) is 31.9 Å². The van der Waals surface area contributed by atoms with Crippen LogP contribution >= 0.6 is 0 Å². The van der Waals surface area contributed by atoms with Gasteiger partial charge >= 0.3 is 0 Å². The second-order valence-corrected chi connectivity index (χ2v) is 5.96. The standard InChI is InChI=1S/C18H22N4O/c1-14-4-3-5-17(19-14)20-18(23)15-6-8-16(9-7-15)22-12-10-21(2)11-13-22/h3-9H,10-13H2,1-2H3,(H,19,20,23). The van der Waals surface area contributed by atoms with Crippen molar-refractivity contribution in [2.45, 2.75) is 6.92 Å². The number of aryl methyl sites for hydroxylation is 1. The first kappa shape index (κ1) is 15.5. The number of hydrogen-bond acceptors (Lipinski definition) is 4. The van der Waals surface area contributed by atoms with Crippen molar-refractivity contribution >= 4 is 17.4 Å². The van der Waals surface area contributed by atoms with Crippen molar-refractivity contribution in [2.75, 3.05) is 43.4 Å². The molecule has 0 bridgehead atoms. The number of aromatic nitrogens is 1. The zero-order valence-corrected chi connectivity index (χ0v) is 13.6. The number of anilines is 2. The van der Waals surface area contributed by atoms with Gasteiger partial charge in [0.2, 0.25) is 0 Å². The summed E-state index contributed by atoms with van der Waals surface area (Å²) in [4.78, 5) is 21.3. The smallest absolute Gasteiger partial charge is 0.256 e. The molecule has 1 saturated heterocycles. The maximum Gasteiger partial charge on any atom is 0.256 e. The minimum Gasteiger partial charge on any atom is -0.369 e. The van der Waals surface area contributed by atoms with Crippen molar-refractivity contribution in [3.8, 4) is 0 Å². The number of nitrogens with zero attached hydrogens (tertiary/aromatic N) is 3. The van der Waals surface area contributed by atoms with Crippen LogP contribution in [0.2, 0.25) is 0 Å². The Labute approximate surface area is 136 Å². The first-order valence-corrected chi connectivity index (χ1v) is 7.90. The van der Waals surface area contributed by atoms with E-state index in [1.54, 1.807) is 6.07 Å². The third-order valence-corrected chi connectivity index (χ3v) is 4.13. The van der Waals surface area contributed by atoms with Crippen molar-refractivity contribution in [3.05, 3.63) is 53.7 Å². The molecule has 2 heterocycles. The highest BCUT2D eigenvalue weighted by atomic mass is 16.1. The highest BCUT2D eigenvalue weighted by molar-refractivity contribution is 6.03. The lowest BCUT2D eigenvalue weighted by molar-refractivity contribution is 0.102. The van der Waals surface area contributed by atoms with Crippen LogP contribution in [0.3, 0.4) is 0 Å². The second kappa shape index (κ2) is 6.79. The van der Waals surface area contributed by atoms with E-state index in [1.165, 1.54) is 5.69 Å². The Morgan fingerprint density at radius 1 is 1.04 bits per heavy atom. The summed E-state index contributed by atoms with van der Waals surface area (Å²) in [7, 11) is 2.14. The van der Waals surface area contributed by atoms with E-state index < -0.39 is 0 Å². The summed E-state index contributed by atoms with van der Waals surface area (Å²) in [5.74, 6) is 0.450. The molecule has 0 aliphatic carbocycles. The summed E-state index contributed by atoms with van der Waals surface area (Å²) in [5, 5.41) is 2.83. The molecule has 5 heteroatoms. The molecule has 0 spiro atoms. The highest BCUT2D eigenvalue weighted by Crippen LogP contribution is 2.17. The van der Waals surface area contributed by atoms with Crippen LogP contribution in [0.15, 0.2) is 42.5 Å². The quantitative estimate of drug-likeness (QED) is 0.946. The maximum atomic E-state index is 12.3. The van der Waals surface area contributed by atoms with Gasteiger partial charge in [-0.05, 0) is 50.4 Å². The van der Waals surface area contributed by atoms with Crippen LogP contribution in [-0.2, 0) is 0 Å². The highest BCUT2D eigenvalue weighted by Gasteiger charge is 2.14. The molecule has 0 radical (unpaired) electrons. The van der Waals surface area contributed by atoms with Gasteiger partial charge in [0.15, 0.2) is 0 Å². The monoisotopic (exact) mass is 310 g/mol. The molecule has 1 aliphatic heterocycles. The van der Waals surface area contributed by atoms with Crippen molar-refractivity contribution < 1.29 is 4.79 Å². The molecular weight excluding hydrogens is 288 g/mol. The van der Waals surface area contributed by atoms with E-state index in [-0.39, 0.29) is 5.91 Å². The molecule has 2 aromatic rings. The number of hydrogen-bond donors (Lipinski definition) is 1. The minimum atomic E-state index is -0.131. The van der Waals surface area contributed by atoms with Crippen molar-refractivity contribution in [2.24, 2.45) is 0 Å². The topological polar surface area (TPSA) is 48.5 Å². The molecular formula is C18H22N4O. The molecule has 23 heavy (non-hydrogen) atoms. The third-order valence-electron chi connectivity index (χ3n) is 4.13. The Morgan fingerprint density at radius 2 is 1.74 bits per heavy atom. The molecule has 1 fully saturated rings. The van der Waals surface area contributed by atoms with E-state index in [9.17, 15) is 4.79 Å². The summed E-state index contributed by atoms with van der Waals surface area (Å²) >= 11 is 0. The van der Waals surface area contributed by atoms with Gasteiger partial charge in [-0.25, -0.2) is 4.98 Å². The summed E-state index contributed by atoms with van der Waals surface area (Å²) in [6, 6.07) is 13.4. The summed E-state index contributed by atoms with van der Waals surface area (Å²) < 4.78 is 0. The van der Waals surface area contributed by atoms with Crippen LogP contribution in [0, 0.1) is 6.92 Å². The van der Waals surface area contributed by atoms with Gasteiger partial charge in [0.05, 0.1) is 0 Å². The third kappa shape index (κ3) is 3.87. The predicted octanol–water partition coefficient (Wildman–Crippen LogP) is 2.39. The summed E-state index contributed by atoms with van der Waals surface area (Å²) in [5.41, 5.74) is 2.70. The summed E-state index contributed by atoms with van der Waals surface area (Å²) in [6.45, 7) is 6.09. The van der Waals surface area contributed by atoms with Crippen LogP contribution in [0.1, 0.15) is 16.1 Å². The van der Waals surface area contributed by atoms with Gasteiger partial charge in [-0.3, -0.25) is 4.79 Å². The van der Waals surface area contributed by atoms with Gasteiger partial charge in [0, 0.05) is 43.1 Å². The molecule has 1 aromatic carbocycles. The SMILES string of the molecule is Cc1cccc(NC(=O)c2ccc(N3CCN(C)CC3)cc2)n1. The average Bonchev–Trinajstić information content (AvgIpc) is 2.56. The number of pyridine rings is 1. The molecule has 0 atom stereocenters. The van der Waals surface area contributed by atoms with E-state index in [0.29, 0.717) is 11.4 Å². The molecule has 1 amide bonds. The van der Waals surface area contributed by atoms with Crippen LogP contribution in [-0.4, -0.2) is 49.0 Å². The molecule has 1 aliphatic rings. The fourth-order valence-corrected chi connectivity index (χ4v) is 2.69. The second-order valence-electron chi connectivity index (χ2n) is 5.96. The van der Waals surface area contributed by atoms with E-state index in [2.05, 4.69) is 27.1 Å².